The Morgan fingerprint density at radius 1 is 1.57 bits per heavy atom. The van der Waals surface area contributed by atoms with Crippen molar-refractivity contribution in [3.63, 3.8) is 0 Å². The van der Waals surface area contributed by atoms with Gasteiger partial charge in [-0.3, -0.25) is 0 Å². The smallest absolute Gasteiger partial charge is 0.230 e. The average molecular weight is 218 g/mol. The minimum absolute atomic E-state index is 0.331. The summed E-state index contributed by atoms with van der Waals surface area (Å²) in [6.45, 7) is 3.89. The molecule has 0 aliphatic carbocycles. The molecule has 1 saturated heterocycles. The molecule has 5 nitrogen and oxygen atoms in total. The summed E-state index contributed by atoms with van der Waals surface area (Å²) >= 11 is 0. The molecule has 1 aliphatic heterocycles. The second kappa shape index (κ2) is 3.50. The van der Waals surface area contributed by atoms with Crippen LogP contribution in [-0.4, -0.2) is 43.8 Å². The van der Waals surface area contributed by atoms with Gasteiger partial charge in [0.05, 0.1) is 11.7 Å². The van der Waals surface area contributed by atoms with Crippen LogP contribution in [0, 0.1) is 11.3 Å². The molecular formula is C8H14N2O3S. The number of ether oxygens (including phenoxy) is 1. The first-order chi connectivity index (χ1) is 6.35. The largest absolute Gasteiger partial charge is 0.376 e. The lowest BCUT2D eigenvalue weighted by molar-refractivity contribution is -0.0769. The van der Waals surface area contributed by atoms with Crippen molar-refractivity contribution < 1.29 is 13.2 Å². The van der Waals surface area contributed by atoms with Crippen LogP contribution in [0.5, 0.6) is 0 Å². The van der Waals surface area contributed by atoms with Crippen LogP contribution in [0.25, 0.3) is 0 Å². The first kappa shape index (κ1) is 11.4. The number of sulfonamides is 1. The van der Waals surface area contributed by atoms with Gasteiger partial charge in [0.25, 0.3) is 0 Å². The van der Waals surface area contributed by atoms with E-state index in [4.69, 9.17) is 10.00 Å². The maximum absolute atomic E-state index is 11.6. The maximum atomic E-state index is 11.6. The summed E-state index contributed by atoms with van der Waals surface area (Å²) in [4.78, 5) is 0. The molecule has 0 aromatic carbocycles. The predicted molar refractivity (Wildman–Crippen MR) is 51.0 cm³/mol. The van der Waals surface area contributed by atoms with Gasteiger partial charge in [0.15, 0.2) is 5.25 Å². The van der Waals surface area contributed by atoms with E-state index >= 15 is 0 Å². The predicted octanol–water partition coefficient (Wildman–Crippen LogP) is -0.0510. The van der Waals surface area contributed by atoms with E-state index in [0.717, 1.165) is 0 Å². The lowest BCUT2D eigenvalue weighted by atomic mass is 10.0. The molecule has 1 heterocycles. The Kier molecular flexibility index (Phi) is 2.86. The molecule has 1 atom stereocenters. The number of nitriles is 1. The molecule has 0 N–H and O–H groups in total. The molecule has 1 fully saturated rings. The zero-order valence-electron chi connectivity index (χ0n) is 8.52. The normalized spacial score (nSPS) is 23.6. The van der Waals surface area contributed by atoms with Crippen molar-refractivity contribution in [2.24, 2.45) is 0 Å². The number of nitrogens with zero attached hydrogens (tertiary/aromatic N) is 2. The minimum Gasteiger partial charge on any atom is -0.376 e. The van der Waals surface area contributed by atoms with Crippen LogP contribution in [0.4, 0.5) is 0 Å². The van der Waals surface area contributed by atoms with Gasteiger partial charge in [-0.15, -0.1) is 0 Å². The molecule has 0 aromatic heterocycles. The van der Waals surface area contributed by atoms with Crippen LogP contribution >= 0.6 is 0 Å². The zero-order chi connectivity index (χ0) is 11.0. The van der Waals surface area contributed by atoms with Crippen molar-refractivity contribution in [1.29, 1.82) is 5.26 Å². The van der Waals surface area contributed by atoms with Crippen LogP contribution in [0.3, 0.4) is 0 Å². The van der Waals surface area contributed by atoms with Crippen LogP contribution in [0.15, 0.2) is 0 Å². The summed E-state index contributed by atoms with van der Waals surface area (Å²) in [5.41, 5.74) is -0.387. The Morgan fingerprint density at radius 2 is 2.07 bits per heavy atom. The summed E-state index contributed by atoms with van der Waals surface area (Å²) < 4.78 is 29.6. The molecule has 0 saturated carbocycles. The molecule has 6 heteroatoms. The van der Waals surface area contributed by atoms with Gasteiger partial charge in [-0.05, 0) is 13.8 Å². The second-order valence-electron chi connectivity index (χ2n) is 3.74. The molecule has 0 spiro atoms. The Bertz CT molecular complexity index is 351. The maximum Gasteiger partial charge on any atom is 0.230 e. The topological polar surface area (TPSA) is 70.4 Å². The molecule has 1 aliphatic rings. The van der Waals surface area contributed by atoms with Crippen molar-refractivity contribution in [2.45, 2.75) is 24.7 Å². The molecular weight excluding hydrogens is 204 g/mol. The molecule has 1 unspecified atom stereocenters. The molecule has 14 heavy (non-hydrogen) atoms. The van der Waals surface area contributed by atoms with E-state index in [9.17, 15) is 8.42 Å². The van der Waals surface area contributed by atoms with Gasteiger partial charge in [-0.2, -0.15) is 9.57 Å². The quantitative estimate of drug-likeness (QED) is 0.666. The highest BCUT2D eigenvalue weighted by Crippen LogP contribution is 2.28. The lowest BCUT2D eigenvalue weighted by Gasteiger charge is -2.45. The van der Waals surface area contributed by atoms with Crippen molar-refractivity contribution >= 4 is 10.0 Å². The monoisotopic (exact) mass is 218 g/mol. The standard InChI is InChI=1S/C8H14N2O3S/c1-7(4-9)14(11,12)10-5-8(2,6-10)13-3/h7H,5-6H2,1-3H3. The highest BCUT2D eigenvalue weighted by molar-refractivity contribution is 7.90. The van der Waals surface area contributed by atoms with Gasteiger partial charge in [0.2, 0.25) is 10.0 Å². The van der Waals surface area contributed by atoms with Crippen molar-refractivity contribution in [3.8, 4) is 6.07 Å². The number of hydrogen-bond donors (Lipinski definition) is 0. The van der Waals surface area contributed by atoms with Gasteiger partial charge in [-0.25, -0.2) is 8.42 Å². The number of rotatable bonds is 3. The van der Waals surface area contributed by atoms with Gasteiger partial charge < -0.3 is 4.74 Å². The summed E-state index contributed by atoms with van der Waals surface area (Å²) in [7, 11) is -1.89. The third-order valence-electron chi connectivity index (χ3n) is 2.50. The van der Waals surface area contributed by atoms with Crippen molar-refractivity contribution in [2.75, 3.05) is 20.2 Å². The van der Waals surface area contributed by atoms with E-state index in [-0.39, 0.29) is 5.60 Å². The summed E-state index contributed by atoms with van der Waals surface area (Å²) in [5, 5.41) is 7.56. The van der Waals surface area contributed by atoms with Gasteiger partial charge in [0.1, 0.15) is 0 Å². The van der Waals surface area contributed by atoms with Crippen LogP contribution < -0.4 is 0 Å². The van der Waals surface area contributed by atoms with Gasteiger partial charge >= 0.3 is 0 Å². The first-order valence-electron chi connectivity index (χ1n) is 4.29. The van der Waals surface area contributed by atoms with E-state index in [0.29, 0.717) is 13.1 Å². The minimum atomic E-state index is -3.44. The molecule has 0 amide bonds. The SMILES string of the molecule is COC1(C)CN(S(=O)(=O)C(C)C#N)C1. The average Bonchev–Trinajstić information content (AvgIpc) is 2.11. The third-order valence-corrected chi connectivity index (χ3v) is 4.48. The molecule has 1 rings (SSSR count). The van der Waals surface area contributed by atoms with Crippen molar-refractivity contribution in [1.82, 2.24) is 4.31 Å². The Hall–Kier alpha value is -0.640. The van der Waals surface area contributed by atoms with E-state index in [1.165, 1.54) is 11.2 Å². The Morgan fingerprint density at radius 3 is 2.43 bits per heavy atom. The van der Waals surface area contributed by atoms with Crippen LogP contribution in [0.1, 0.15) is 13.8 Å². The first-order valence-corrected chi connectivity index (χ1v) is 5.80. The third kappa shape index (κ3) is 1.75. The van der Waals surface area contributed by atoms with Crippen LogP contribution in [0.2, 0.25) is 0 Å². The molecule has 0 aromatic rings. The van der Waals surface area contributed by atoms with Crippen LogP contribution in [-0.2, 0) is 14.8 Å². The highest BCUT2D eigenvalue weighted by atomic mass is 32.2. The molecule has 0 radical (unpaired) electrons. The summed E-state index contributed by atoms with van der Waals surface area (Å²) in [6.07, 6.45) is 0. The van der Waals surface area contributed by atoms with Gasteiger partial charge in [0, 0.05) is 20.2 Å². The lowest BCUT2D eigenvalue weighted by Crippen LogP contribution is -2.63. The summed E-state index contributed by atoms with van der Waals surface area (Å²) in [6, 6.07) is 1.73. The number of methoxy groups -OCH3 is 1. The second-order valence-corrected chi connectivity index (χ2v) is 5.99. The summed E-state index contributed by atoms with van der Waals surface area (Å²) in [5.74, 6) is 0. The number of hydrogen-bond acceptors (Lipinski definition) is 4. The fraction of sp³-hybridized carbons (Fsp3) is 0.875. The highest BCUT2D eigenvalue weighted by Gasteiger charge is 2.46. The van der Waals surface area contributed by atoms with E-state index in [1.807, 2.05) is 6.92 Å². The Labute approximate surface area is 84.3 Å². The van der Waals surface area contributed by atoms with E-state index in [2.05, 4.69) is 0 Å². The zero-order valence-corrected chi connectivity index (χ0v) is 9.34. The molecule has 0 bridgehead atoms. The molecule has 80 valence electrons. The van der Waals surface area contributed by atoms with E-state index < -0.39 is 15.3 Å². The van der Waals surface area contributed by atoms with E-state index in [1.54, 1.807) is 13.2 Å². The van der Waals surface area contributed by atoms with Crippen molar-refractivity contribution in [3.05, 3.63) is 0 Å². The fourth-order valence-corrected chi connectivity index (χ4v) is 2.79. The fourth-order valence-electron chi connectivity index (χ4n) is 1.30. The Balaban J connectivity index is 2.69. The van der Waals surface area contributed by atoms with Gasteiger partial charge in [-0.1, -0.05) is 0 Å².